The van der Waals surface area contributed by atoms with Crippen LogP contribution in [0.3, 0.4) is 0 Å². The van der Waals surface area contributed by atoms with Crippen molar-refractivity contribution < 1.29 is 15.0 Å². The van der Waals surface area contributed by atoms with Crippen LogP contribution in [-0.2, 0) is 4.79 Å². The maximum absolute atomic E-state index is 11.6. The number of carbonyl (C=O) groups is 1. The van der Waals surface area contributed by atoms with Gasteiger partial charge in [-0.2, -0.15) is 0 Å². The minimum absolute atomic E-state index is 0.0818. The molecule has 156 valence electrons. The molecule has 0 aliphatic rings. The molecule has 0 unspecified atom stereocenters. The molecule has 0 spiro atoms. The Bertz CT molecular complexity index is 297. The Morgan fingerprint density at radius 1 is 0.769 bits per heavy atom. The number of aliphatic hydroxyl groups is 2. The van der Waals surface area contributed by atoms with Gasteiger partial charge in [-0.05, 0) is 32.1 Å². The molecule has 0 saturated carbocycles. The lowest BCUT2D eigenvalue weighted by molar-refractivity contribution is -0.121. The zero-order valence-electron chi connectivity index (χ0n) is 17.3. The van der Waals surface area contributed by atoms with Crippen molar-refractivity contribution in [2.24, 2.45) is 0 Å². The van der Waals surface area contributed by atoms with E-state index in [1.807, 2.05) is 0 Å². The van der Waals surface area contributed by atoms with Crippen molar-refractivity contribution in [3.63, 3.8) is 0 Å². The van der Waals surface area contributed by atoms with E-state index in [0.717, 1.165) is 44.9 Å². The molecule has 0 aromatic heterocycles. The number of amides is 1. The third-order valence-corrected chi connectivity index (χ3v) is 4.99. The summed E-state index contributed by atoms with van der Waals surface area (Å²) >= 11 is 0. The third-order valence-electron chi connectivity index (χ3n) is 4.99. The largest absolute Gasteiger partial charge is 0.396 e. The molecule has 0 aliphatic heterocycles. The van der Waals surface area contributed by atoms with E-state index in [0.29, 0.717) is 13.0 Å². The summed E-state index contributed by atoms with van der Waals surface area (Å²) in [5.41, 5.74) is 0. The number of rotatable bonds is 20. The van der Waals surface area contributed by atoms with Crippen molar-refractivity contribution in [1.82, 2.24) is 5.32 Å². The van der Waals surface area contributed by atoms with Crippen molar-refractivity contribution in [3.05, 3.63) is 0 Å². The molecule has 0 heterocycles. The first kappa shape index (κ1) is 25.4. The molecule has 4 nitrogen and oxygen atoms in total. The highest BCUT2D eigenvalue weighted by Crippen LogP contribution is 2.14. The third kappa shape index (κ3) is 19.7. The van der Waals surface area contributed by atoms with Gasteiger partial charge in [0.25, 0.3) is 0 Å². The first-order valence-corrected chi connectivity index (χ1v) is 11.3. The summed E-state index contributed by atoms with van der Waals surface area (Å²) in [5.74, 6) is 0.149. The second-order valence-electron chi connectivity index (χ2n) is 7.65. The van der Waals surface area contributed by atoms with Crippen molar-refractivity contribution in [3.8, 4) is 0 Å². The van der Waals surface area contributed by atoms with E-state index >= 15 is 0 Å². The Labute approximate surface area is 162 Å². The van der Waals surface area contributed by atoms with Crippen LogP contribution in [0.2, 0.25) is 0 Å². The molecule has 0 aliphatic carbocycles. The van der Waals surface area contributed by atoms with Gasteiger partial charge in [0.1, 0.15) is 0 Å². The van der Waals surface area contributed by atoms with Gasteiger partial charge in [0.15, 0.2) is 0 Å². The van der Waals surface area contributed by atoms with Crippen molar-refractivity contribution in [2.75, 3.05) is 13.2 Å². The molecule has 0 radical (unpaired) electrons. The van der Waals surface area contributed by atoms with Crippen LogP contribution in [0.4, 0.5) is 0 Å². The van der Waals surface area contributed by atoms with Gasteiger partial charge in [0.05, 0.1) is 6.10 Å². The average molecular weight is 372 g/mol. The number of aliphatic hydroxyl groups excluding tert-OH is 2. The van der Waals surface area contributed by atoms with Crippen molar-refractivity contribution >= 4 is 5.91 Å². The molecule has 0 fully saturated rings. The van der Waals surface area contributed by atoms with Crippen LogP contribution in [0, 0.1) is 0 Å². The number of hydrogen-bond donors (Lipinski definition) is 3. The normalized spacial score (nSPS) is 12.3. The van der Waals surface area contributed by atoms with E-state index < -0.39 is 0 Å². The summed E-state index contributed by atoms with van der Waals surface area (Å²) in [6.45, 7) is 3.11. The monoisotopic (exact) mass is 371 g/mol. The Morgan fingerprint density at radius 3 is 1.88 bits per heavy atom. The number of carbonyl (C=O) groups excluding carboxylic acids is 1. The lowest BCUT2D eigenvalue weighted by Gasteiger charge is -2.10. The average Bonchev–Trinajstić information content (AvgIpc) is 2.64. The van der Waals surface area contributed by atoms with Gasteiger partial charge in [0.2, 0.25) is 5.91 Å². The predicted octanol–water partition coefficient (Wildman–Crippen LogP) is 5.11. The first-order chi connectivity index (χ1) is 12.7. The van der Waals surface area contributed by atoms with E-state index in [1.54, 1.807) is 0 Å². The summed E-state index contributed by atoms with van der Waals surface area (Å²) in [6.07, 6.45) is 18.7. The van der Waals surface area contributed by atoms with Gasteiger partial charge in [-0.3, -0.25) is 4.79 Å². The van der Waals surface area contributed by atoms with Gasteiger partial charge >= 0.3 is 0 Å². The molecule has 26 heavy (non-hydrogen) atoms. The topological polar surface area (TPSA) is 69.6 Å². The minimum Gasteiger partial charge on any atom is -0.396 e. The molecular weight excluding hydrogens is 326 g/mol. The molecule has 0 aromatic carbocycles. The molecule has 0 rings (SSSR count). The first-order valence-electron chi connectivity index (χ1n) is 11.3. The van der Waals surface area contributed by atoms with Crippen LogP contribution in [0.1, 0.15) is 116 Å². The molecule has 0 saturated heterocycles. The maximum Gasteiger partial charge on any atom is 0.219 e. The summed E-state index contributed by atoms with van der Waals surface area (Å²) in [6, 6.07) is 0. The lowest BCUT2D eigenvalue weighted by atomic mass is 10.0. The Morgan fingerprint density at radius 2 is 1.31 bits per heavy atom. The summed E-state index contributed by atoms with van der Waals surface area (Å²) in [4.78, 5) is 11.6. The molecule has 0 aromatic rings. The van der Waals surface area contributed by atoms with Crippen LogP contribution >= 0.6 is 0 Å². The van der Waals surface area contributed by atoms with Gasteiger partial charge in [0, 0.05) is 19.6 Å². The minimum atomic E-state index is -0.0818. The summed E-state index contributed by atoms with van der Waals surface area (Å²) in [5, 5.41) is 21.5. The van der Waals surface area contributed by atoms with Crippen molar-refractivity contribution in [1.29, 1.82) is 0 Å². The Kier molecular flexibility index (Phi) is 20.2. The Balaban J connectivity index is 3.20. The van der Waals surface area contributed by atoms with E-state index in [2.05, 4.69) is 12.2 Å². The van der Waals surface area contributed by atoms with Gasteiger partial charge < -0.3 is 15.5 Å². The molecule has 1 atom stereocenters. The SMILES string of the molecule is CCCCCC[C@@H](O)CCCCCCCCCCC(=O)NCCCCO. The van der Waals surface area contributed by atoms with Crippen molar-refractivity contribution in [2.45, 2.75) is 122 Å². The molecule has 0 bridgehead atoms. The molecule has 1 amide bonds. The fourth-order valence-electron chi connectivity index (χ4n) is 3.23. The van der Waals surface area contributed by atoms with Gasteiger partial charge in [-0.1, -0.05) is 77.6 Å². The zero-order chi connectivity index (χ0) is 19.3. The van der Waals surface area contributed by atoms with Crippen LogP contribution < -0.4 is 5.32 Å². The molecule has 3 N–H and O–H groups in total. The highest BCUT2D eigenvalue weighted by atomic mass is 16.3. The molecular formula is C22H45NO3. The fourth-order valence-corrected chi connectivity index (χ4v) is 3.23. The molecule has 4 heteroatoms. The number of hydrogen-bond acceptors (Lipinski definition) is 3. The summed E-state index contributed by atoms with van der Waals surface area (Å²) < 4.78 is 0. The second kappa shape index (κ2) is 20.7. The smallest absolute Gasteiger partial charge is 0.219 e. The highest BCUT2D eigenvalue weighted by molar-refractivity contribution is 5.75. The van der Waals surface area contributed by atoms with Crippen LogP contribution in [-0.4, -0.2) is 35.4 Å². The summed E-state index contributed by atoms with van der Waals surface area (Å²) in [7, 11) is 0. The van der Waals surface area contributed by atoms with E-state index in [1.165, 1.54) is 57.8 Å². The zero-order valence-corrected chi connectivity index (χ0v) is 17.3. The van der Waals surface area contributed by atoms with Gasteiger partial charge in [-0.15, -0.1) is 0 Å². The highest BCUT2D eigenvalue weighted by Gasteiger charge is 2.03. The standard InChI is InChI=1S/C22H45NO3/c1-2-3-4-11-16-21(25)17-12-9-7-5-6-8-10-13-18-22(26)23-19-14-15-20-24/h21,24-25H,2-20H2,1H3,(H,23,26)/t21-/m1/s1. The maximum atomic E-state index is 11.6. The van der Waals surface area contributed by atoms with Gasteiger partial charge in [-0.25, -0.2) is 0 Å². The lowest BCUT2D eigenvalue weighted by Crippen LogP contribution is -2.24. The van der Waals surface area contributed by atoms with E-state index in [9.17, 15) is 9.90 Å². The van der Waals surface area contributed by atoms with E-state index in [-0.39, 0.29) is 18.6 Å². The number of unbranched alkanes of at least 4 members (excludes halogenated alkanes) is 11. The number of nitrogens with one attached hydrogen (secondary N) is 1. The van der Waals surface area contributed by atoms with E-state index in [4.69, 9.17) is 5.11 Å². The predicted molar refractivity (Wildman–Crippen MR) is 110 cm³/mol. The fraction of sp³-hybridized carbons (Fsp3) is 0.955. The quantitative estimate of drug-likeness (QED) is 0.261. The second-order valence-corrected chi connectivity index (χ2v) is 7.65. The Hall–Kier alpha value is -0.610. The van der Waals surface area contributed by atoms with Crippen LogP contribution in [0.25, 0.3) is 0 Å². The van der Waals surface area contributed by atoms with Crippen LogP contribution in [0.5, 0.6) is 0 Å². The van der Waals surface area contributed by atoms with Crippen LogP contribution in [0.15, 0.2) is 0 Å².